The van der Waals surface area contributed by atoms with Crippen LogP contribution in [0.1, 0.15) is 25.6 Å². The minimum atomic E-state index is -0.0644. The quantitative estimate of drug-likeness (QED) is 0.809. The summed E-state index contributed by atoms with van der Waals surface area (Å²) >= 11 is 1.55. The Morgan fingerprint density at radius 1 is 1.69 bits per heavy atom. The molecule has 3 nitrogen and oxygen atoms in total. The van der Waals surface area contributed by atoms with Crippen LogP contribution in [0.3, 0.4) is 0 Å². The standard InChI is InChI=1S/C9H14N2OS/c1-6(2)4-8-5-10-9(13-8)11-7(3)12/h5-6H,4H2,1-3H3,(H,10,11,12). The van der Waals surface area contributed by atoms with Crippen molar-refractivity contribution >= 4 is 22.4 Å². The molecule has 0 saturated heterocycles. The lowest BCUT2D eigenvalue weighted by molar-refractivity contribution is -0.114. The molecule has 4 heteroatoms. The predicted molar refractivity (Wildman–Crippen MR) is 55.0 cm³/mol. The number of amides is 1. The van der Waals surface area contributed by atoms with Crippen LogP contribution in [0.4, 0.5) is 5.13 Å². The summed E-state index contributed by atoms with van der Waals surface area (Å²) < 4.78 is 0. The van der Waals surface area contributed by atoms with Gasteiger partial charge in [-0.1, -0.05) is 13.8 Å². The number of hydrogen-bond acceptors (Lipinski definition) is 3. The topological polar surface area (TPSA) is 42.0 Å². The number of carbonyl (C=O) groups is 1. The molecule has 0 aliphatic heterocycles. The monoisotopic (exact) mass is 198 g/mol. The Balaban J connectivity index is 2.58. The lowest BCUT2D eigenvalue weighted by atomic mass is 10.1. The zero-order valence-electron chi connectivity index (χ0n) is 8.13. The summed E-state index contributed by atoms with van der Waals surface area (Å²) in [6.07, 6.45) is 2.85. The maximum absolute atomic E-state index is 10.7. The molecule has 0 aliphatic rings. The number of aromatic nitrogens is 1. The number of carbonyl (C=O) groups excluding carboxylic acids is 1. The van der Waals surface area contributed by atoms with Crippen molar-refractivity contribution in [2.45, 2.75) is 27.2 Å². The van der Waals surface area contributed by atoms with Crippen molar-refractivity contribution in [2.75, 3.05) is 5.32 Å². The first-order valence-electron chi connectivity index (χ1n) is 4.30. The van der Waals surface area contributed by atoms with Gasteiger partial charge in [-0.2, -0.15) is 0 Å². The second-order valence-electron chi connectivity index (χ2n) is 3.41. The maximum Gasteiger partial charge on any atom is 0.223 e. The fourth-order valence-corrected chi connectivity index (χ4v) is 2.08. The van der Waals surface area contributed by atoms with E-state index in [0.29, 0.717) is 11.0 Å². The molecular formula is C9H14N2OS. The first kappa shape index (κ1) is 10.2. The van der Waals surface area contributed by atoms with Gasteiger partial charge in [-0.3, -0.25) is 4.79 Å². The van der Waals surface area contributed by atoms with Crippen molar-refractivity contribution in [3.8, 4) is 0 Å². The van der Waals surface area contributed by atoms with Gasteiger partial charge in [0.15, 0.2) is 5.13 Å². The van der Waals surface area contributed by atoms with E-state index in [1.165, 1.54) is 11.8 Å². The van der Waals surface area contributed by atoms with Crippen molar-refractivity contribution < 1.29 is 4.79 Å². The maximum atomic E-state index is 10.7. The van der Waals surface area contributed by atoms with E-state index in [9.17, 15) is 4.79 Å². The second kappa shape index (κ2) is 4.37. The third-order valence-corrected chi connectivity index (χ3v) is 2.38. The largest absolute Gasteiger partial charge is 0.302 e. The molecule has 0 fully saturated rings. The van der Waals surface area contributed by atoms with E-state index in [1.807, 2.05) is 6.20 Å². The molecule has 13 heavy (non-hydrogen) atoms. The summed E-state index contributed by atoms with van der Waals surface area (Å²) in [5.74, 6) is 0.566. The summed E-state index contributed by atoms with van der Waals surface area (Å²) in [5.41, 5.74) is 0. The van der Waals surface area contributed by atoms with E-state index in [0.717, 1.165) is 6.42 Å². The van der Waals surface area contributed by atoms with Crippen LogP contribution in [0, 0.1) is 5.92 Å². The number of rotatable bonds is 3. The molecule has 0 unspecified atom stereocenters. The van der Waals surface area contributed by atoms with E-state index in [4.69, 9.17) is 0 Å². The van der Waals surface area contributed by atoms with Gasteiger partial charge < -0.3 is 5.32 Å². The highest BCUT2D eigenvalue weighted by Crippen LogP contribution is 2.20. The van der Waals surface area contributed by atoms with Crippen LogP contribution >= 0.6 is 11.3 Å². The molecule has 1 N–H and O–H groups in total. The van der Waals surface area contributed by atoms with Gasteiger partial charge in [0.05, 0.1) is 0 Å². The van der Waals surface area contributed by atoms with E-state index < -0.39 is 0 Å². The lowest BCUT2D eigenvalue weighted by Gasteiger charge is -1.98. The predicted octanol–water partition coefficient (Wildman–Crippen LogP) is 2.30. The number of hydrogen-bond donors (Lipinski definition) is 1. The first-order chi connectivity index (χ1) is 6.08. The third-order valence-electron chi connectivity index (χ3n) is 1.45. The van der Waals surface area contributed by atoms with E-state index in [1.54, 1.807) is 11.3 Å². The molecular weight excluding hydrogens is 184 g/mol. The van der Waals surface area contributed by atoms with Gasteiger partial charge in [0.1, 0.15) is 0 Å². The minimum Gasteiger partial charge on any atom is -0.302 e. The molecule has 0 aromatic carbocycles. The zero-order chi connectivity index (χ0) is 9.84. The highest BCUT2D eigenvalue weighted by molar-refractivity contribution is 7.15. The summed E-state index contributed by atoms with van der Waals surface area (Å²) in [5, 5.41) is 3.36. The first-order valence-corrected chi connectivity index (χ1v) is 5.12. The molecule has 0 aliphatic carbocycles. The highest BCUT2D eigenvalue weighted by atomic mass is 32.1. The van der Waals surface area contributed by atoms with Crippen LogP contribution in [-0.2, 0) is 11.2 Å². The van der Waals surface area contributed by atoms with Gasteiger partial charge in [0, 0.05) is 18.0 Å². The van der Waals surface area contributed by atoms with Crippen LogP contribution in [0.2, 0.25) is 0 Å². The van der Waals surface area contributed by atoms with E-state index >= 15 is 0 Å². The fraction of sp³-hybridized carbons (Fsp3) is 0.556. The Labute approximate surface area is 82.2 Å². The lowest BCUT2D eigenvalue weighted by Crippen LogP contribution is -2.04. The van der Waals surface area contributed by atoms with E-state index in [2.05, 4.69) is 24.1 Å². The molecule has 1 heterocycles. The molecule has 0 spiro atoms. The molecule has 0 saturated carbocycles. The van der Waals surface area contributed by atoms with Crippen molar-refractivity contribution in [3.05, 3.63) is 11.1 Å². The molecule has 1 amide bonds. The fourth-order valence-electron chi connectivity index (χ4n) is 1.01. The molecule has 1 rings (SSSR count). The van der Waals surface area contributed by atoms with Crippen LogP contribution in [0.15, 0.2) is 6.20 Å². The van der Waals surface area contributed by atoms with Crippen molar-refractivity contribution in [2.24, 2.45) is 5.92 Å². The number of anilines is 1. The Morgan fingerprint density at radius 3 is 2.92 bits per heavy atom. The van der Waals surface area contributed by atoms with Crippen molar-refractivity contribution in [1.82, 2.24) is 4.98 Å². The summed E-state index contributed by atoms with van der Waals surface area (Å²) in [4.78, 5) is 16.0. The summed E-state index contributed by atoms with van der Waals surface area (Å²) in [6.45, 7) is 5.82. The van der Waals surface area contributed by atoms with Crippen LogP contribution < -0.4 is 5.32 Å². The van der Waals surface area contributed by atoms with Crippen LogP contribution in [0.25, 0.3) is 0 Å². The minimum absolute atomic E-state index is 0.0644. The molecule has 1 aromatic rings. The Hall–Kier alpha value is -0.900. The zero-order valence-corrected chi connectivity index (χ0v) is 8.94. The number of thiazole rings is 1. The Morgan fingerprint density at radius 2 is 2.38 bits per heavy atom. The average molecular weight is 198 g/mol. The van der Waals surface area contributed by atoms with Crippen molar-refractivity contribution in [3.63, 3.8) is 0 Å². The molecule has 72 valence electrons. The smallest absolute Gasteiger partial charge is 0.223 e. The Kier molecular flexibility index (Phi) is 3.42. The highest BCUT2D eigenvalue weighted by Gasteiger charge is 2.04. The number of nitrogens with zero attached hydrogens (tertiary/aromatic N) is 1. The van der Waals surface area contributed by atoms with Crippen LogP contribution in [-0.4, -0.2) is 10.9 Å². The van der Waals surface area contributed by atoms with Gasteiger partial charge in [-0.05, 0) is 12.3 Å². The van der Waals surface area contributed by atoms with Gasteiger partial charge in [-0.15, -0.1) is 11.3 Å². The van der Waals surface area contributed by atoms with Gasteiger partial charge in [0.25, 0.3) is 0 Å². The van der Waals surface area contributed by atoms with Gasteiger partial charge in [0.2, 0.25) is 5.91 Å². The van der Waals surface area contributed by atoms with E-state index in [-0.39, 0.29) is 5.91 Å². The molecule has 1 aromatic heterocycles. The normalized spacial score (nSPS) is 10.5. The molecule has 0 bridgehead atoms. The summed E-state index contributed by atoms with van der Waals surface area (Å²) in [7, 11) is 0. The number of nitrogens with one attached hydrogen (secondary N) is 1. The SMILES string of the molecule is CC(=O)Nc1ncc(CC(C)C)s1. The molecule has 0 radical (unpaired) electrons. The van der Waals surface area contributed by atoms with Gasteiger partial charge >= 0.3 is 0 Å². The third kappa shape index (κ3) is 3.55. The average Bonchev–Trinajstić information content (AvgIpc) is 2.33. The summed E-state index contributed by atoms with van der Waals surface area (Å²) in [6, 6.07) is 0. The van der Waals surface area contributed by atoms with Crippen molar-refractivity contribution in [1.29, 1.82) is 0 Å². The second-order valence-corrected chi connectivity index (χ2v) is 4.53. The molecule has 0 atom stereocenters. The van der Waals surface area contributed by atoms with Gasteiger partial charge in [-0.25, -0.2) is 4.98 Å². The van der Waals surface area contributed by atoms with Crippen LogP contribution in [0.5, 0.6) is 0 Å². The Bertz CT molecular complexity index is 294.